The Hall–Kier alpha value is -1.47. The van der Waals surface area contributed by atoms with E-state index in [4.69, 9.17) is 14.7 Å². The van der Waals surface area contributed by atoms with Gasteiger partial charge in [-0.3, -0.25) is 4.84 Å². The van der Waals surface area contributed by atoms with Crippen LogP contribution in [0.3, 0.4) is 0 Å². The van der Waals surface area contributed by atoms with Gasteiger partial charge in [0.1, 0.15) is 0 Å². The molecule has 3 N–H and O–H groups in total. The molecule has 0 saturated carbocycles. The third-order valence-electron chi connectivity index (χ3n) is 3.12. The minimum atomic E-state index is -1.33. The van der Waals surface area contributed by atoms with Crippen molar-refractivity contribution in [1.82, 2.24) is 5.48 Å². The monoisotopic (exact) mass is 311 g/mol. The number of unbranched alkanes of at least 4 members (excludes halogenated alkanes) is 3. The fraction of sp³-hybridized carbons (Fsp3) is 0.562. The third-order valence-corrected chi connectivity index (χ3v) is 3.12. The summed E-state index contributed by atoms with van der Waals surface area (Å²) in [5, 5.41) is 18.7. The van der Waals surface area contributed by atoms with E-state index in [2.05, 4.69) is 12.4 Å². The maximum absolute atomic E-state index is 11.2. The first kappa shape index (κ1) is 18.6. The van der Waals surface area contributed by atoms with Crippen molar-refractivity contribution < 1.29 is 24.6 Å². The van der Waals surface area contributed by atoms with E-state index in [1.807, 2.05) is 30.3 Å². The molecule has 0 aliphatic heterocycles. The van der Waals surface area contributed by atoms with Crippen LogP contribution in [0.25, 0.3) is 0 Å². The molecule has 0 aliphatic rings. The van der Waals surface area contributed by atoms with Crippen LogP contribution in [-0.2, 0) is 20.8 Å². The number of benzene rings is 1. The molecule has 1 unspecified atom stereocenters. The smallest absolute Gasteiger partial charge is 0.335 e. The largest absolute Gasteiger partial charge is 0.479 e. The number of aliphatic hydroxyl groups excluding tert-OH is 1. The number of carboxylic acid groups (broad SMARTS) is 1. The van der Waals surface area contributed by atoms with Crippen molar-refractivity contribution in [3.05, 3.63) is 35.9 Å². The van der Waals surface area contributed by atoms with Gasteiger partial charge in [0.15, 0.2) is 6.10 Å². The molecule has 0 spiro atoms. The summed E-state index contributed by atoms with van der Waals surface area (Å²) in [5.74, 6) is -1.11. The van der Waals surface area contributed by atoms with E-state index in [0.29, 0.717) is 6.61 Å². The zero-order chi connectivity index (χ0) is 16.2. The first-order valence-corrected chi connectivity index (χ1v) is 7.61. The number of aliphatic carboxylic acids is 1. The van der Waals surface area contributed by atoms with Crippen LogP contribution in [0.15, 0.2) is 30.3 Å². The molecule has 1 aromatic rings. The molecule has 0 amide bonds. The van der Waals surface area contributed by atoms with E-state index >= 15 is 0 Å². The molecule has 0 heterocycles. The number of rotatable bonds is 12. The summed E-state index contributed by atoms with van der Waals surface area (Å²) in [7, 11) is 0. The lowest BCUT2D eigenvalue weighted by Crippen LogP contribution is -2.39. The molecular weight excluding hydrogens is 286 g/mol. The predicted molar refractivity (Wildman–Crippen MR) is 81.9 cm³/mol. The summed E-state index contributed by atoms with van der Waals surface area (Å²) in [6, 6.07) is 9.15. The van der Waals surface area contributed by atoms with E-state index in [9.17, 15) is 9.90 Å². The van der Waals surface area contributed by atoms with Gasteiger partial charge in [0.2, 0.25) is 6.41 Å². The average molecular weight is 311 g/mol. The van der Waals surface area contributed by atoms with Gasteiger partial charge in [0, 0.05) is 6.42 Å². The SMILES string of the molecule is CCCCCCOC(O)NO[C@@H](Cc1ccccc1)C(=O)O. The van der Waals surface area contributed by atoms with E-state index in [0.717, 1.165) is 31.2 Å². The Bertz CT molecular complexity index is 412. The van der Waals surface area contributed by atoms with Crippen molar-refractivity contribution in [3.8, 4) is 0 Å². The van der Waals surface area contributed by atoms with Crippen LogP contribution in [0.2, 0.25) is 0 Å². The molecule has 0 aromatic heterocycles. The quantitative estimate of drug-likeness (QED) is 0.311. The van der Waals surface area contributed by atoms with E-state index in [1.54, 1.807) is 0 Å². The fourth-order valence-electron chi connectivity index (χ4n) is 1.91. The summed E-state index contributed by atoms with van der Waals surface area (Å²) in [5.41, 5.74) is 3.07. The second-order valence-corrected chi connectivity index (χ2v) is 5.04. The van der Waals surface area contributed by atoms with Gasteiger partial charge in [-0.1, -0.05) is 56.5 Å². The van der Waals surface area contributed by atoms with Gasteiger partial charge in [-0.2, -0.15) is 0 Å². The zero-order valence-electron chi connectivity index (χ0n) is 12.9. The van der Waals surface area contributed by atoms with Crippen molar-refractivity contribution >= 4 is 5.97 Å². The highest BCUT2D eigenvalue weighted by Crippen LogP contribution is 2.06. The van der Waals surface area contributed by atoms with E-state index in [1.165, 1.54) is 0 Å². The first-order chi connectivity index (χ1) is 10.6. The molecule has 1 aromatic carbocycles. The van der Waals surface area contributed by atoms with Crippen molar-refractivity contribution in [3.63, 3.8) is 0 Å². The number of nitrogens with one attached hydrogen (secondary N) is 1. The lowest BCUT2D eigenvalue weighted by atomic mass is 10.1. The van der Waals surface area contributed by atoms with Crippen LogP contribution in [-0.4, -0.2) is 35.3 Å². The van der Waals surface area contributed by atoms with Crippen LogP contribution in [0, 0.1) is 0 Å². The summed E-state index contributed by atoms with van der Waals surface area (Å²) in [6.45, 7) is 2.51. The van der Waals surface area contributed by atoms with Crippen LogP contribution in [0.4, 0.5) is 0 Å². The highest BCUT2D eigenvalue weighted by Gasteiger charge is 2.20. The molecule has 0 saturated heterocycles. The van der Waals surface area contributed by atoms with Crippen molar-refractivity contribution in [2.24, 2.45) is 0 Å². The van der Waals surface area contributed by atoms with Gasteiger partial charge in [-0.15, -0.1) is 5.48 Å². The Morgan fingerprint density at radius 2 is 1.95 bits per heavy atom. The molecule has 2 atom stereocenters. The molecule has 6 heteroatoms. The first-order valence-electron chi connectivity index (χ1n) is 7.61. The Balaban J connectivity index is 2.27. The third kappa shape index (κ3) is 8.09. The van der Waals surface area contributed by atoms with E-state index < -0.39 is 18.5 Å². The summed E-state index contributed by atoms with van der Waals surface area (Å²) >= 11 is 0. The number of ether oxygens (including phenoxy) is 1. The van der Waals surface area contributed by atoms with Crippen LogP contribution >= 0.6 is 0 Å². The molecular formula is C16H25NO5. The second kappa shape index (κ2) is 11.1. The van der Waals surface area contributed by atoms with Crippen LogP contribution in [0.5, 0.6) is 0 Å². The molecule has 1 rings (SSSR count). The summed E-state index contributed by atoms with van der Waals surface area (Å²) < 4.78 is 5.10. The molecule has 0 radical (unpaired) electrons. The normalized spacial score (nSPS) is 13.7. The van der Waals surface area contributed by atoms with Gasteiger partial charge in [-0.25, -0.2) is 4.79 Å². The van der Waals surface area contributed by atoms with Crippen molar-refractivity contribution in [2.45, 2.75) is 51.5 Å². The Morgan fingerprint density at radius 3 is 2.59 bits per heavy atom. The lowest BCUT2D eigenvalue weighted by Gasteiger charge is -2.18. The number of hydrogen-bond acceptors (Lipinski definition) is 5. The van der Waals surface area contributed by atoms with Crippen LogP contribution < -0.4 is 5.48 Å². The molecule has 0 aliphatic carbocycles. The summed E-state index contributed by atoms with van der Waals surface area (Å²) in [6.07, 6.45) is 1.91. The van der Waals surface area contributed by atoms with Gasteiger partial charge < -0.3 is 14.9 Å². The molecule has 124 valence electrons. The summed E-state index contributed by atoms with van der Waals surface area (Å²) in [4.78, 5) is 16.2. The van der Waals surface area contributed by atoms with Gasteiger partial charge in [0.25, 0.3) is 0 Å². The second-order valence-electron chi connectivity index (χ2n) is 5.04. The van der Waals surface area contributed by atoms with Gasteiger partial charge in [0.05, 0.1) is 6.61 Å². The Labute approximate surface area is 131 Å². The maximum atomic E-state index is 11.2. The average Bonchev–Trinajstić information content (AvgIpc) is 2.52. The standard InChI is InChI=1S/C16H25NO5/c1-2-3-4-8-11-21-16(20)17-22-14(15(18)19)12-13-9-6-5-7-10-13/h5-7,9-10,14,16-17,20H,2-4,8,11-12H2,1H3,(H,18,19)/t14-,16?/m0/s1. The maximum Gasteiger partial charge on any atom is 0.335 e. The zero-order valence-corrected chi connectivity index (χ0v) is 12.9. The van der Waals surface area contributed by atoms with Gasteiger partial charge in [-0.05, 0) is 12.0 Å². The molecule has 6 nitrogen and oxygen atoms in total. The number of carboxylic acids is 1. The number of aliphatic hydroxyl groups is 1. The topological polar surface area (TPSA) is 88.0 Å². The predicted octanol–water partition coefficient (Wildman–Crippen LogP) is 2.08. The minimum Gasteiger partial charge on any atom is -0.479 e. The highest BCUT2D eigenvalue weighted by molar-refractivity contribution is 5.72. The van der Waals surface area contributed by atoms with Crippen molar-refractivity contribution in [2.75, 3.05) is 6.61 Å². The molecule has 0 bridgehead atoms. The number of hydrogen-bond donors (Lipinski definition) is 3. The fourth-order valence-corrected chi connectivity index (χ4v) is 1.91. The highest BCUT2D eigenvalue weighted by atomic mass is 16.7. The number of carbonyl (C=O) groups is 1. The Morgan fingerprint density at radius 1 is 1.23 bits per heavy atom. The molecule has 22 heavy (non-hydrogen) atoms. The number of hydroxylamine groups is 1. The lowest BCUT2D eigenvalue weighted by molar-refractivity contribution is -0.213. The van der Waals surface area contributed by atoms with Crippen LogP contribution in [0.1, 0.15) is 38.2 Å². The Kier molecular flexibility index (Phi) is 9.41. The molecule has 0 fully saturated rings. The van der Waals surface area contributed by atoms with E-state index in [-0.39, 0.29) is 6.42 Å². The van der Waals surface area contributed by atoms with Gasteiger partial charge >= 0.3 is 5.97 Å². The minimum absolute atomic E-state index is 0.201. The van der Waals surface area contributed by atoms with Crippen molar-refractivity contribution in [1.29, 1.82) is 0 Å².